The minimum atomic E-state index is 0.156. The summed E-state index contributed by atoms with van der Waals surface area (Å²) in [4.78, 5) is 17.2. The first-order valence-corrected chi connectivity index (χ1v) is 7.99. The van der Waals surface area contributed by atoms with Crippen LogP contribution in [0, 0.1) is 0 Å². The smallest absolute Gasteiger partial charge is 0.253 e. The molecular formula is C19H20N2O. The molecule has 0 bridgehead atoms. The van der Waals surface area contributed by atoms with Crippen LogP contribution in [0.5, 0.6) is 0 Å². The minimum Gasteiger partial charge on any atom is -0.335 e. The Balaban J connectivity index is 1.59. The molecule has 0 aliphatic carbocycles. The molecule has 2 aliphatic rings. The fourth-order valence-electron chi connectivity index (χ4n) is 3.68. The first kappa shape index (κ1) is 13.5. The molecule has 22 heavy (non-hydrogen) atoms. The van der Waals surface area contributed by atoms with Crippen LogP contribution in [0.3, 0.4) is 0 Å². The maximum atomic E-state index is 12.7. The largest absolute Gasteiger partial charge is 0.335 e. The molecule has 2 aromatic carbocycles. The summed E-state index contributed by atoms with van der Waals surface area (Å²) in [5.41, 5.74) is 3.64. The van der Waals surface area contributed by atoms with Crippen LogP contribution in [-0.4, -0.2) is 41.9 Å². The van der Waals surface area contributed by atoms with Gasteiger partial charge in [-0.25, -0.2) is 0 Å². The van der Waals surface area contributed by atoms with E-state index in [9.17, 15) is 4.79 Å². The van der Waals surface area contributed by atoms with Gasteiger partial charge < -0.3 is 4.90 Å². The molecule has 1 fully saturated rings. The molecule has 4 rings (SSSR count). The van der Waals surface area contributed by atoms with Crippen molar-refractivity contribution in [3.8, 4) is 0 Å². The monoisotopic (exact) mass is 292 g/mol. The SMILES string of the molecule is O=C(c1ccccc1)N1CCN2CCc3ccccc3C2C1. The summed E-state index contributed by atoms with van der Waals surface area (Å²) in [7, 11) is 0. The lowest BCUT2D eigenvalue weighted by Crippen LogP contribution is -2.52. The van der Waals surface area contributed by atoms with Crippen molar-refractivity contribution in [3.63, 3.8) is 0 Å². The maximum Gasteiger partial charge on any atom is 0.253 e. The molecule has 112 valence electrons. The molecule has 1 amide bonds. The third-order valence-corrected chi connectivity index (χ3v) is 4.88. The summed E-state index contributed by atoms with van der Waals surface area (Å²) >= 11 is 0. The normalized spacial score (nSPS) is 21.1. The summed E-state index contributed by atoms with van der Waals surface area (Å²) < 4.78 is 0. The fourth-order valence-corrected chi connectivity index (χ4v) is 3.68. The lowest BCUT2D eigenvalue weighted by Gasteiger charge is -2.44. The van der Waals surface area contributed by atoms with Gasteiger partial charge in [0.1, 0.15) is 0 Å². The van der Waals surface area contributed by atoms with E-state index < -0.39 is 0 Å². The molecule has 0 aromatic heterocycles. The Hall–Kier alpha value is -2.13. The Morgan fingerprint density at radius 1 is 0.909 bits per heavy atom. The second kappa shape index (κ2) is 5.58. The van der Waals surface area contributed by atoms with Gasteiger partial charge in [0.15, 0.2) is 0 Å². The standard InChI is InChI=1S/C19H20N2O/c22-19(16-7-2-1-3-8-16)21-13-12-20-11-10-15-6-4-5-9-17(15)18(20)14-21/h1-9,18H,10-14H2. The van der Waals surface area contributed by atoms with Gasteiger partial charge in [-0.15, -0.1) is 0 Å². The molecule has 2 aliphatic heterocycles. The average Bonchev–Trinajstić information content (AvgIpc) is 2.61. The number of piperazine rings is 1. The van der Waals surface area contributed by atoms with Crippen molar-refractivity contribution in [2.45, 2.75) is 12.5 Å². The molecule has 1 unspecified atom stereocenters. The molecule has 0 spiro atoms. The van der Waals surface area contributed by atoms with Crippen molar-refractivity contribution in [2.75, 3.05) is 26.2 Å². The minimum absolute atomic E-state index is 0.156. The molecule has 2 heterocycles. The highest BCUT2D eigenvalue weighted by atomic mass is 16.2. The van der Waals surface area contributed by atoms with Gasteiger partial charge in [0, 0.05) is 31.7 Å². The fraction of sp³-hybridized carbons (Fsp3) is 0.316. The maximum absolute atomic E-state index is 12.7. The van der Waals surface area contributed by atoms with E-state index in [1.165, 1.54) is 11.1 Å². The summed E-state index contributed by atoms with van der Waals surface area (Å²) in [5.74, 6) is 0.156. The number of carbonyl (C=O) groups excluding carboxylic acids is 1. The molecule has 1 atom stereocenters. The molecule has 3 nitrogen and oxygen atoms in total. The van der Waals surface area contributed by atoms with E-state index in [0.29, 0.717) is 6.04 Å². The van der Waals surface area contributed by atoms with Crippen LogP contribution in [0.4, 0.5) is 0 Å². The number of carbonyl (C=O) groups is 1. The summed E-state index contributed by atoms with van der Waals surface area (Å²) in [6.07, 6.45) is 1.12. The van der Waals surface area contributed by atoms with E-state index in [1.807, 2.05) is 35.2 Å². The molecular weight excluding hydrogens is 272 g/mol. The first-order chi connectivity index (χ1) is 10.8. The van der Waals surface area contributed by atoms with Crippen LogP contribution < -0.4 is 0 Å². The lowest BCUT2D eigenvalue weighted by atomic mass is 9.91. The summed E-state index contributed by atoms with van der Waals surface area (Å²) in [6, 6.07) is 18.7. The van der Waals surface area contributed by atoms with Crippen LogP contribution in [0.15, 0.2) is 54.6 Å². The predicted octanol–water partition coefficient (Wildman–Crippen LogP) is 2.74. The van der Waals surface area contributed by atoms with Gasteiger partial charge >= 0.3 is 0 Å². The van der Waals surface area contributed by atoms with E-state index in [-0.39, 0.29) is 5.91 Å². The van der Waals surface area contributed by atoms with Crippen molar-refractivity contribution in [2.24, 2.45) is 0 Å². The Labute approximate surface area is 131 Å². The van der Waals surface area contributed by atoms with Crippen molar-refractivity contribution in [1.82, 2.24) is 9.80 Å². The second-order valence-electron chi connectivity index (χ2n) is 6.12. The zero-order chi connectivity index (χ0) is 14.9. The van der Waals surface area contributed by atoms with Crippen molar-refractivity contribution >= 4 is 5.91 Å². The molecule has 1 saturated heterocycles. The molecule has 0 N–H and O–H groups in total. The third kappa shape index (κ3) is 2.32. The number of fused-ring (bicyclic) bond motifs is 3. The second-order valence-corrected chi connectivity index (χ2v) is 6.12. The summed E-state index contributed by atoms with van der Waals surface area (Å²) in [6.45, 7) is 3.70. The molecule has 2 aromatic rings. The van der Waals surface area contributed by atoms with Gasteiger partial charge in [-0.1, -0.05) is 42.5 Å². The van der Waals surface area contributed by atoms with Gasteiger partial charge in [-0.3, -0.25) is 9.69 Å². The number of rotatable bonds is 1. The van der Waals surface area contributed by atoms with Crippen LogP contribution in [-0.2, 0) is 6.42 Å². The van der Waals surface area contributed by atoms with Crippen LogP contribution in [0.1, 0.15) is 27.5 Å². The Morgan fingerprint density at radius 2 is 1.68 bits per heavy atom. The van der Waals surface area contributed by atoms with Gasteiger partial charge in [-0.2, -0.15) is 0 Å². The number of hydrogen-bond acceptors (Lipinski definition) is 2. The number of hydrogen-bond donors (Lipinski definition) is 0. The van der Waals surface area contributed by atoms with Gasteiger partial charge in [-0.05, 0) is 29.7 Å². The zero-order valence-corrected chi connectivity index (χ0v) is 12.6. The van der Waals surface area contributed by atoms with E-state index in [0.717, 1.165) is 38.2 Å². The number of benzene rings is 2. The Morgan fingerprint density at radius 3 is 2.55 bits per heavy atom. The predicted molar refractivity (Wildman–Crippen MR) is 86.8 cm³/mol. The number of nitrogens with zero attached hydrogens (tertiary/aromatic N) is 2. The molecule has 3 heteroatoms. The lowest BCUT2D eigenvalue weighted by molar-refractivity contribution is 0.0453. The van der Waals surface area contributed by atoms with Gasteiger partial charge in [0.25, 0.3) is 5.91 Å². The number of amides is 1. The van der Waals surface area contributed by atoms with Crippen molar-refractivity contribution in [1.29, 1.82) is 0 Å². The Bertz CT molecular complexity index is 683. The van der Waals surface area contributed by atoms with E-state index >= 15 is 0 Å². The van der Waals surface area contributed by atoms with Crippen LogP contribution in [0.2, 0.25) is 0 Å². The zero-order valence-electron chi connectivity index (χ0n) is 12.6. The average molecular weight is 292 g/mol. The Kier molecular flexibility index (Phi) is 3.43. The summed E-state index contributed by atoms with van der Waals surface area (Å²) in [5, 5.41) is 0. The van der Waals surface area contributed by atoms with Crippen LogP contribution in [0.25, 0.3) is 0 Å². The van der Waals surface area contributed by atoms with E-state index in [1.54, 1.807) is 0 Å². The van der Waals surface area contributed by atoms with E-state index in [2.05, 4.69) is 29.2 Å². The quantitative estimate of drug-likeness (QED) is 0.807. The highest BCUT2D eigenvalue weighted by Crippen LogP contribution is 2.32. The molecule has 0 radical (unpaired) electrons. The van der Waals surface area contributed by atoms with Crippen molar-refractivity contribution in [3.05, 3.63) is 71.3 Å². The topological polar surface area (TPSA) is 23.6 Å². The van der Waals surface area contributed by atoms with Gasteiger partial charge in [0.05, 0.1) is 6.04 Å². The third-order valence-electron chi connectivity index (χ3n) is 4.88. The van der Waals surface area contributed by atoms with Gasteiger partial charge in [0.2, 0.25) is 0 Å². The molecule has 0 saturated carbocycles. The van der Waals surface area contributed by atoms with Crippen LogP contribution >= 0.6 is 0 Å². The van der Waals surface area contributed by atoms with Crippen molar-refractivity contribution < 1.29 is 4.79 Å². The van der Waals surface area contributed by atoms with E-state index in [4.69, 9.17) is 0 Å². The highest BCUT2D eigenvalue weighted by molar-refractivity contribution is 5.94. The highest BCUT2D eigenvalue weighted by Gasteiger charge is 2.34. The first-order valence-electron chi connectivity index (χ1n) is 7.99.